The van der Waals surface area contributed by atoms with Crippen molar-refractivity contribution in [2.75, 3.05) is 26.2 Å². The summed E-state index contributed by atoms with van der Waals surface area (Å²) in [4.78, 5) is 24.7. The zero-order chi connectivity index (χ0) is 16.5. The topological polar surface area (TPSA) is 99.9 Å². The highest BCUT2D eigenvalue weighted by Crippen LogP contribution is 2.22. The van der Waals surface area contributed by atoms with Gasteiger partial charge in [-0.05, 0) is 45.0 Å². The van der Waals surface area contributed by atoms with Crippen molar-refractivity contribution in [2.45, 2.75) is 25.7 Å². The average Bonchev–Trinajstić information content (AvgIpc) is 3.02. The number of carbonyl (C=O) groups is 1. The molecule has 2 rings (SSSR count). The summed E-state index contributed by atoms with van der Waals surface area (Å²) in [5, 5.41) is 17.1. The van der Waals surface area contributed by atoms with Crippen molar-refractivity contribution in [2.24, 2.45) is 5.10 Å². The number of likely N-dealkylation sites (tertiary alicyclic amines) is 1. The highest BCUT2D eigenvalue weighted by atomic mass is 32.1. The fourth-order valence-electron chi connectivity index (χ4n) is 2.39. The van der Waals surface area contributed by atoms with Crippen LogP contribution in [0.1, 0.15) is 30.6 Å². The average molecular weight is 339 g/mol. The molecule has 23 heavy (non-hydrogen) atoms. The number of piperidine rings is 1. The second-order valence-corrected chi connectivity index (χ2v) is 6.41. The number of amides is 2. The first-order valence-corrected chi connectivity index (χ1v) is 8.50. The number of hydrazone groups is 1. The minimum absolute atomic E-state index is 0.0496. The second kappa shape index (κ2) is 9.21. The van der Waals surface area contributed by atoms with Crippen molar-refractivity contribution in [3.8, 4) is 0 Å². The SMILES string of the molecule is O=C(NCCCN1CCCCC1)N/N=C/c1ccc([N+](=O)[O-])s1. The van der Waals surface area contributed by atoms with Gasteiger partial charge in [0, 0.05) is 12.6 Å². The third kappa shape index (κ3) is 6.33. The number of nitro groups is 1. The standard InChI is InChI=1S/C14H21N5O3S/c20-14(15-7-4-10-18-8-2-1-3-9-18)17-16-11-12-5-6-13(23-12)19(21)22/h5-6,11H,1-4,7-10H2,(H2,15,17,20)/b16-11+. The first kappa shape index (κ1) is 17.4. The van der Waals surface area contributed by atoms with Crippen molar-refractivity contribution in [3.05, 3.63) is 27.1 Å². The van der Waals surface area contributed by atoms with E-state index in [1.54, 1.807) is 6.07 Å². The van der Waals surface area contributed by atoms with Crippen LogP contribution in [0.3, 0.4) is 0 Å². The molecule has 8 nitrogen and oxygen atoms in total. The lowest BCUT2D eigenvalue weighted by Crippen LogP contribution is -2.36. The van der Waals surface area contributed by atoms with E-state index in [2.05, 4.69) is 20.7 Å². The van der Waals surface area contributed by atoms with E-state index in [4.69, 9.17) is 0 Å². The summed E-state index contributed by atoms with van der Waals surface area (Å²) >= 11 is 1.00. The van der Waals surface area contributed by atoms with Gasteiger partial charge in [-0.1, -0.05) is 17.8 Å². The number of rotatable bonds is 7. The maximum Gasteiger partial charge on any atom is 0.335 e. The van der Waals surface area contributed by atoms with Gasteiger partial charge in [-0.2, -0.15) is 5.10 Å². The van der Waals surface area contributed by atoms with Gasteiger partial charge in [0.1, 0.15) is 0 Å². The van der Waals surface area contributed by atoms with Gasteiger partial charge in [-0.25, -0.2) is 10.2 Å². The lowest BCUT2D eigenvalue weighted by Gasteiger charge is -2.26. The van der Waals surface area contributed by atoms with E-state index in [-0.39, 0.29) is 11.0 Å². The van der Waals surface area contributed by atoms with Crippen LogP contribution in [0.25, 0.3) is 0 Å². The fraction of sp³-hybridized carbons (Fsp3) is 0.571. The van der Waals surface area contributed by atoms with Crippen molar-refractivity contribution >= 4 is 28.6 Å². The van der Waals surface area contributed by atoms with E-state index in [0.717, 1.165) is 37.4 Å². The smallest absolute Gasteiger partial charge is 0.335 e. The van der Waals surface area contributed by atoms with Gasteiger partial charge in [0.15, 0.2) is 0 Å². The van der Waals surface area contributed by atoms with Gasteiger partial charge < -0.3 is 10.2 Å². The fourth-order valence-corrected chi connectivity index (χ4v) is 3.08. The summed E-state index contributed by atoms with van der Waals surface area (Å²) < 4.78 is 0. The Bertz CT molecular complexity index is 554. The van der Waals surface area contributed by atoms with E-state index in [0.29, 0.717) is 11.4 Å². The second-order valence-electron chi connectivity index (χ2n) is 5.31. The third-order valence-corrected chi connectivity index (χ3v) is 4.51. The Labute approximate surface area is 138 Å². The van der Waals surface area contributed by atoms with Crippen LogP contribution in [0.15, 0.2) is 17.2 Å². The van der Waals surface area contributed by atoms with Gasteiger partial charge in [0.25, 0.3) is 0 Å². The molecule has 2 heterocycles. The molecule has 0 spiro atoms. The molecule has 0 atom stereocenters. The predicted octanol–water partition coefficient (Wildman–Crippen LogP) is 2.17. The maximum atomic E-state index is 11.5. The highest BCUT2D eigenvalue weighted by Gasteiger charge is 2.09. The predicted molar refractivity (Wildman–Crippen MR) is 90.0 cm³/mol. The molecule has 1 aliphatic rings. The van der Waals surface area contributed by atoms with E-state index < -0.39 is 4.92 Å². The quantitative estimate of drug-likeness (QED) is 0.344. The summed E-state index contributed by atoms with van der Waals surface area (Å²) in [5.41, 5.74) is 2.35. The van der Waals surface area contributed by atoms with Crippen LogP contribution in [0.4, 0.5) is 9.80 Å². The van der Waals surface area contributed by atoms with Gasteiger partial charge in [-0.15, -0.1) is 0 Å². The van der Waals surface area contributed by atoms with E-state index in [1.807, 2.05) is 0 Å². The van der Waals surface area contributed by atoms with E-state index >= 15 is 0 Å². The molecule has 0 radical (unpaired) electrons. The number of nitrogens with zero attached hydrogens (tertiary/aromatic N) is 3. The lowest BCUT2D eigenvalue weighted by atomic mass is 10.1. The molecule has 9 heteroatoms. The minimum Gasteiger partial charge on any atom is -0.337 e. The Kier molecular flexibility index (Phi) is 6.95. The van der Waals surface area contributed by atoms with Crippen LogP contribution >= 0.6 is 11.3 Å². The zero-order valence-corrected chi connectivity index (χ0v) is 13.7. The molecule has 0 unspecified atom stereocenters. The van der Waals surface area contributed by atoms with Crippen LogP contribution in [0, 0.1) is 10.1 Å². The Morgan fingerprint density at radius 2 is 2.17 bits per heavy atom. The molecule has 2 amide bonds. The number of hydrogen-bond donors (Lipinski definition) is 2. The monoisotopic (exact) mass is 339 g/mol. The largest absolute Gasteiger partial charge is 0.337 e. The van der Waals surface area contributed by atoms with Gasteiger partial charge in [-0.3, -0.25) is 10.1 Å². The van der Waals surface area contributed by atoms with Crippen LogP contribution < -0.4 is 10.7 Å². The summed E-state index contributed by atoms with van der Waals surface area (Å²) in [5.74, 6) is 0. The normalized spacial score (nSPS) is 15.7. The lowest BCUT2D eigenvalue weighted by molar-refractivity contribution is -0.380. The summed E-state index contributed by atoms with van der Waals surface area (Å²) in [7, 11) is 0. The van der Waals surface area contributed by atoms with Crippen LogP contribution in [0.5, 0.6) is 0 Å². The van der Waals surface area contributed by atoms with Crippen molar-refractivity contribution < 1.29 is 9.72 Å². The number of nitrogens with one attached hydrogen (secondary N) is 2. The molecule has 0 aliphatic carbocycles. The Balaban J connectivity index is 1.58. The number of hydrogen-bond acceptors (Lipinski definition) is 6. The van der Waals surface area contributed by atoms with Crippen molar-refractivity contribution in [3.63, 3.8) is 0 Å². The Hall–Kier alpha value is -2.00. The molecule has 0 saturated carbocycles. The first-order chi connectivity index (χ1) is 11.1. The molecule has 1 aromatic rings. The molecule has 126 valence electrons. The van der Waals surface area contributed by atoms with Gasteiger partial charge >= 0.3 is 11.0 Å². The maximum absolute atomic E-state index is 11.5. The van der Waals surface area contributed by atoms with E-state index in [1.165, 1.54) is 31.5 Å². The summed E-state index contributed by atoms with van der Waals surface area (Å²) in [6, 6.07) is 2.63. The number of thiophene rings is 1. The molecule has 0 aromatic carbocycles. The molecule has 2 N–H and O–H groups in total. The molecule has 1 aliphatic heterocycles. The van der Waals surface area contributed by atoms with Gasteiger partial charge in [0.05, 0.1) is 16.0 Å². The molecule has 1 saturated heterocycles. The van der Waals surface area contributed by atoms with Crippen molar-refractivity contribution in [1.82, 2.24) is 15.6 Å². The van der Waals surface area contributed by atoms with Crippen LogP contribution in [-0.4, -0.2) is 48.2 Å². The minimum atomic E-state index is -0.454. The number of carbonyl (C=O) groups excluding carboxylic acids is 1. The molecular formula is C14H21N5O3S. The third-order valence-electron chi connectivity index (χ3n) is 3.54. The molecule has 1 fully saturated rings. The zero-order valence-electron chi connectivity index (χ0n) is 12.9. The molecule has 0 bridgehead atoms. The highest BCUT2D eigenvalue weighted by molar-refractivity contribution is 7.16. The van der Waals surface area contributed by atoms with E-state index in [9.17, 15) is 14.9 Å². The Morgan fingerprint density at radius 3 is 2.87 bits per heavy atom. The molecular weight excluding hydrogens is 318 g/mol. The van der Waals surface area contributed by atoms with Crippen molar-refractivity contribution in [1.29, 1.82) is 0 Å². The first-order valence-electron chi connectivity index (χ1n) is 7.68. The summed E-state index contributed by atoms with van der Waals surface area (Å²) in [6.45, 7) is 3.91. The number of urea groups is 1. The van der Waals surface area contributed by atoms with Crippen LogP contribution in [0.2, 0.25) is 0 Å². The Morgan fingerprint density at radius 1 is 1.39 bits per heavy atom. The molecule has 1 aromatic heterocycles. The van der Waals surface area contributed by atoms with Gasteiger partial charge in [0.2, 0.25) is 0 Å². The summed E-state index contributed by atoms with van der Waals surface area (Å²) in [6.07, 6.45) is 6.16. The van der Waals surface area contributed by atoms with Crippen LogP contribution in [-0.2, 0) is 0 Å².